The van der Waals surface area contributed by atoms with E-state index in [2.05, 4.69) is 15.0 Å². The van der Waals surface area contributed by atoms with Crippen LogP contribution in [-0.4, -0.2) is 21.8 Å². The van der Waals surface area contributed by atoms with Crippen molar-refractivity contribution in [2.75, 3.05) is 7.05 Å². The zero-order chi connectivity index (χ0) is 13.0. The molecule has 1 aromatic heterocycles. The van der Waals surface area contributed by atoms with Crippen LogP contribution in [0.5, 0.6) is 0 Å². The van der Waals surface area contributed by atoms with Crippen LogP contribution in [0.2, 0.25) is 0 Å². The molecule has 1 aromatic rings. The number of nitrogens with one attached hydrogen (secondary N) is 1. The van der Waals surface area contributed by atoms with Gasteiger partial charge in [-0.25, -0.2) is 9.67 Å². The van der Waals surface area contributed by atoms with Crippen molar-refractivity contribution in [2.24, 2.45) is 17.8 Å². The predicted octanol–water partition coefficient (Wildman–Crippen LogP) is 2.23. The minimum absolute atomic E-state index is 0.308. The minimum Gasteiger partial charge on any atom is -0.313 e. The highest BCUT2D eigenvalue weighted by Gasteiger charge is 2.53. The van der Waals surface area contributed by atoms with Gasteiger partial charge in [-0.15, -0.1) is 0 Å². The van der Waals surface area contributed by atoms with E-state index >= 15 is 0 Å². The van der Waals surface area contributed by atoms with Crippen molar-refractivity contribution in [2.45, 2.75) is 57.5 Å². The number of rotatable bonds is 3. The average Bonchev–Trinajstić information content (AvgIpc) is 2.70. The quantitative estimate of drug-likeness (QED) is 0.906. The molecule has 1 N–H and O–H groups in total. The van der Waals surface area contributed by atoms with E-state index in [0.29, 0.717) is 5.54 Å². The first kappa shape index (κ1) is 11.9. The second-order valence-corrected chi connectivity index (χ2v) is 7.16. The summed E-state index contributed by atoms with van der Waals surface area (Å²) in [7, 11) is 1.99. The van der Waals surface area contributed by atoms with Crippen LogP contribution in [0.1, 0.15) is 50.2 Å². The van der Waals surface area contributed by atoms with Gasteiger partial charge < -0.3 is 5.32 Å². The Morgan fingerprint density at radius 3 is 2.26 bits per heavy atom. The second kappa shape index (κ2) is 4.05. The van der Waals surface area contributed by atoms with E-state index in [-0.39, 0.29) is 0 Å². The number of hydrogen-bond acceptors (Lipinski definition) is 3. The number of nitrogens with zero attached hydrogens (tertiary/aromatic N) is 3. The van der Waals surface area contributed by atoms with Crippen LogP contribution in [0.25, 0.3) is 0 Å². The lowest BCUT2D eigenvalue weighted by atomic mass is 9.53. The summed E-state index contributed by atoms with van der Waals surface area (Å²) in [6, 6.07) is 0. The molecule has 4 fully saturated rings. The largest absolute Gasteiger partial charge is 0.313 e. The van der Waals surface area contributed by atoms with Crippen LogP contribution in [0, 0.1) is 24.7 Å². The number of aromatic nitrogens is 3. The third-order valence-corrected chi connectivity index (χ3v) is 5.57. The number of hydrogen-bond donors (Lipinski definition) is 1. The molecule has 4 aliphatic rings. The molecular formula is C15H24N4. The Balaban J connectivity index is 1.75. The van der Waals surface area contributed by atoms with Gasteiger partial charge in [-0.1, -0.05) is 0 Å². The predicted molar refractivity (Wildman–Crippen MR) is 73.7 cm³/mol. The third-order valence-electron chi connectivity index (χ3n) is 5.57. The van der Waals surface area contributed by atoms with Gasteiger partial charge in [0.25, 0.3) is 0 Å². The van der Waals surface area contributed by atoms with Gasteiger partial charge in [0.05, 0.1) is 12.1 Å². The summed E-state index contributed by atoms with van der Waals surface area (Å²) in [5.41, 5.74) is 0.308. The SMILES string of the molecule is CNCc1nc(C)nn1C12CC3CC(CC(C3)C1)C2. The zero-order valence-electron chi connectivity index (χ0n) is 12.0. The Morgan fingerprint density at radius 1 is 1.16 bits per heavy atom. The van der Waals surface area contributed by atoms with Gasteiger partial charge in [-0.3, -0.25) is 0 Å². The normalized spacial score (nSPS) is 40.0. The van der Waals surface area contributed by atoms with Crippen LogP contribution >= 0.6 is 0 Å². The molecule has 0 saturated heterocycles. The van der Waals surface area contributed by atoms with Crippen LogP contribution in [0.3, 0.4) is 0 Å². The fraction of sp³-hybridized carbons (Fsp3) is 0.867. The summed E-state index contributed by atoms with van der Waals surface area (Å²) in [5, 5.41) is 8.03. The average molecular weight is 260 g/mol. The smallest absolute Gasteiger partial charge is 0.147 e. The fourth-order valence-corrected chi connectivity index (χ4v) is 5.44. The summed E-state index contributed by atoms with van der Waals surface area (Å²) in [5.74, 6) is 4.94. The summed E-state index contributed by atoms with van der Waals surface area (Å²) in [6.07, 6.45) is 8.48. The zero-order valence-corrected chi connectivity index (χ0v) is 12.0. The molecule has 0 amide bonds. The van der Waals surface area contributed by atoms with E-state index < -0.39 is 0 Å². The maximum Gasteiger partial charge on any atom is 0.147 e. The Labute approximate surface area is 115 Å². The Hall–Kier alpha value is -0.900. The lowest BCUT2D eigenvalue weighted by Gasteiger charge is -2.56. The Kier molecular flexibility index (Phi) is 2.53. The van der Waals surface area contributed by atoms with E-state index in [1.165, 1.54) is 38.5 Å². The van der Waals surface area contributed by atoms with Crippen LogP contribution in [0.4, 0.5) is 0 Å². The van der Waals surface area contributed by atoms with Crippen molar-refractivity contribution in [3.05, 3.63) is 11.6 Å². The highest BCUT2D eigenvalue weighted by Crippen LogP contribution is 2.58. The molecule has 0 atom stereocenters. The summed E-state index contributed by atoms with van der Waals surface area (Å²) in [6.45, 7) is 2.86. The van der Waals surface area contributed by atoms with Gasteiger partial charge in [0.2, 0.25) is 0 Å². The van der Waals surface area contributed by atoms with E-state index in [1.54, 1.807) is 0 Å². The van der Waals surface area contributed by atoms with Crippen LogP contribution in [-0.2, 0) is 12.1 Å². The summed E-state index contributed by atoms with van der Waals surface area (Å²) >= 11 is 0. The highest BCUT2D eigenvalue weighted by molar-refractivity contribution is 5.08. The first-order valence-corrected chi connectivity index (χ1v) is 7.76. The molecule has 0 aliphatic heterocycles. The number of aryl methyl sites for hydroxylation is 1. The molecule has 0 aromatic carbocycles. The summed E-state index contributed by atoms with van der Waals surface area (Å²) < 4.78 is 2.32. The van der Waals surface area contributed by atoms with Crippen molar-refractivity contribution in [3.63, 3.8) is 0 Å². The topological polar surface area (TPSA) is 42.7 Å². The molecule has 0 radical (unpaired) electrons. The van der Waals surface area contributed by atoms with Crippen molar-refractivity contribution >= 4 is 0 Å². The molecule has 1 heterocycles. The first-order chi connectivity index (χ1) is 9.18. The Bertz CT molecular complexity index is 455. The first-order valence-electron chi connectivity index (χ1n) is 7.76. The van der Waals surface area contributed by atoms with Crippen molar-refractivity contribution in [1.82, 2.24) is 20.1 Å². The fourth-order valence-electron chi connectivity index (χ4n) is 5.44. The van der Waals surface area contributed by atoms with E-state index in [1.807, 2.05) is 14.0 Å². The Morgan fingerprint density at radius 2 is 1.74 bits per heavy atom. The molecule has 4 bridgehead atoms. The van der Waals surface area contributed by atoms with Crippen molar-refractivity contribution in [3.8, 4) is 0 Å². The molecule has 4 nitrogen and oxygen atoms in total. The van der Waals surface area contributed by atoms with Crippen LogP contribution in [0.15, 0.2) is 0 Å². The lowest BCUT2D eigenvalue weighted by Crippen LogP contribution is -2.52. The summed E-state index contributed by atoms with van der Waals surface area (Å²) in [4.78, 5) is 4.65. The van der Waals surface area contributed by atoms with Gasteiger partial charge in [-0.2, -0.15) is 5.10 Å². The lowest BCUT2D eigenvalue weighted by molar-refractivity contribution is -0.0512. The van der Waals surface area contributed by atoms with Gasteiger partial charge in [0, 0.05) is 0 Å². The second-order valence-electron chi connectivity index (χ2n) is 7.16. The molecule has 19 heavy (non-hydrogen) atoms. The maximum atomic E-state index is 4.78. The molecule has 104 valence electrons. The standard InChI is InChI=1S/C15H24N4/c1-10-17-14(9-16-2)19(18-10)15-6-11-3-12(7-15)5-13(4-11)8-15/h11-13,16H,3-9H2,1-2H3. The minimum atomic E-state index is 0.308. The van der Waals surface area contributed by atoms with Gasteiger partial charge >= 0.3 is 0 Å². The van der Waals surface area contributed by atoms with Gasteiger partial charge in [-0.05, 0) is 70.3 Å². The highest BCUT2D eigenvalue weighted by atomic mass is 15.4. The maximum absolute atomic E-state index is 4.78. The van der Waals surface area contributed by atoms with Crippen molar-refractivity contribution < 1.29 is 0 Å². The molecular weight excluding hydrogens is 236 g/mol. The molecule has 0 unspecified atom stereocenters. The molecule has 0 spiro atoms. The van der Waals surface area contributed by atoms with E-state index in [4.69, 9.17) is 5.10 Å². The molecule has 5 rings (SSSR count). The van der Waals surface area contributed by atoms with Gasteiger partial charge in [0.15, 0.2) is 0 Å². The van der Waals surface area contributed by atoms with E-state index in [9.17, 15) is 0 Å². The van der Waals surface area contributed by atoms with Crippen LogP contribution < -0.4 is 5.32 Å². The van der Waals surface area contributed by atoms with Gasteiger partial charge in [0.1, 0.15) is 11.6 Å². The van der Waals surface area contributed by atoms with E-state index in [0.717, 1.165) is 35.9 Å². The molecule has 4 saturated carbocycles. The molecule has 4 aliphatic carbocycles. The molecule has 4 heteroatoms. The van der Waals surface area contributed by atoms with Crippen molar-refractivity contribution in [1.29, 1.82) is 0 Å². The third kappa shape index (κ3) is 1.76. The monoisotopic (exact) mass is 260 g/mol.